The van der Waals surface area contributed by atoms with Crippen molar-refractivity contribution in [3.63, 3.8) is 0 Å². The molecule has 5 heteroatoms. The van der Waals surface area contributed by atoms with E-state index in [-0.39, 0.29) is 17.1 Å². The third kappa shape index (κ3) is 2.65. The van der Waals surface area contributed by atoms with Gasteiger partial charge in [-0.05, 0) is 37.1 Å². The molecule has 0 aliphatic heterocycles. The molecule has 1 aliphatic rings. The third-order valence-electron chi connectivity index (χ3n) is 4.12. The molecule has 0 bridgehead atoms. The van der Waals surface area contributed by atoms with E-state index in [1.54, 1.807) is 25.1 Å². The van der Waals surface area contributed by atoms with Crippen LogP contribution in [-0.2, 0) is 16.1 Å². The van der Waals surface area contributed by atoms with Crippen molar-refractivity contribution in [2.24, 2.45) is 5.41 Å². The number of aromatic nitrogens is 1. The van der Waals surface area contributed by atoms with Crippen molar-refractivity contribution in [3.05, 3.63) is 35.8 Å². The maximum atomic E-state index is 13.2. The Kier molecular flexibility index (Phi) is 3.45. The van der Waals surface area contributed by atoms with Crippen LogP contribution in [0.25, 0.3) is 10.9 Å². The lowest BCUT2D eigenvalue weighted by Crippen LogP contribution is -2.36. The maximum Gasteiger partial charge on any atom is 0.231 e. The highest BCUT2D eigenvalue weighted by Gasteiger charge is 2.51. The predicted octanol–water partition coefficient (Wildman–Crippen LogP) is 2.69. The van der Waals surface area contributed by atoms with Crippen LogP contribution in [0.4, 0.5) is 4.39 Å². The molecule has 1 fully saturated rings. The van der Waals surface area contributed by atoms with E-state index in [0.29, 0.717) is 13.2 Å². The van der Waals surface area contributed by atoms with E-state index in [1.165, 1.54) is 12.1 Å². The number of nitrogens with one attached hydrogen (secondary N) is 1. The largest absolute Gasteiger partial charge is 0.384 e. The first-order chi connectivity index (χ1) is 10.0. The fourth-order valence-electron chi connectivity index (χ4n) is 2.83. The molecule has 112 valence electrons. The second-order valence-corrected chi connectivity index (χ2v) is 5.90. The van der Waals surface area contributed by atoms with Crippen molar-refractivity contribution in [3.8, 4) is 0 Å². The van der Waals surface area contributed by atoms with E-state index in [2.05, 4.69) is 4.98 Å². The number of benzene rings is 1. The first kappa shape index (κ1) is 14.1. The molecule has 1 aromatic heterocycles. The van der Waals surface area contributed by atoms with Crippen molar-refractivity contribution < 1.29 is 13.9 Å². The molecule has 0 atom stereocenters. The number of H-pyrrole nitrogens is 1. The zero-order chi connectivity index (χ0) is 15.0. The molecule has 1 N–H and O–H groups in total. The highest BCUT2D eigenvalue weighted by atomic mass is 19.1. The Morgan fingerprint density at radius 1 is 1.43 bits per heavy atom. The van der Waals surface area contributed by atoms with Crippen LogP contribution in [0.15, 0.2) is 24.3 Å². The number of methoxy groups -OCH3 is 1. The van der Waals surface area contributed by atoms with E-state index >= 15 is 0 Å². The molecule has 4 nitrogen and oxygen atoms in total. The molecule has 21 heavy (non-hydrogen) atoms. The van der Waals surface area contributed by atoms with Gasteiger partial charge in [-0.3, -0.25) is 4.79 Å². The van der Waals surface area contributed by atoms with Gasteiger partial charge in [0.05, 0.1) is 18.6 Å². The Bertz CT molecular complexity index is 676. The number of carbonyl (C=O) groups is 1. The first-order valence-electron chi connectivity index (χ1n) is 7.06. The molecule has 0 saturated heterocycles. The molecule has 1 aromatic carbocycles. The fraction of sp³-hybridized carbons (Fsp3) is 0.438. The molecule has 1 heterocycles. The third-order valence-corrected chi connectivity index (χ3v) is 4.12. The zero-order valence-corrected chi connectivity index (χ0v) is 12.3. The molecule has 3 rings (SSSR count). The van der Waals surface area contributed by atoms with Crippen LogP contribution in [0.2, 0.25) is 0 Å². The normalized spacial score (nSPS) is 16.1. The number of aromatic amines is 1. The van der Waals surface area contributed by atoms with E-state index in [9.17, 15) is 9.18 Å². The second-order valence-electron chi connectivity index (χ2n) is 5.90. The van der Waals surface area contributed by atoms with E-state index < -0.39 is 0 Å². The summed E-state index contributed by atoms with van der Waals surface area (Å²) in [6.45, 7) is 0.967. The lowest BCUT2D eigenvalue weighted by Gasteiger charge is -2.22. The van der Waals surface area contributed by atoms with Crippen molar-refractivity contribution in [1.82, 2.24) is 9.88 Å². The molecule has 0 radical (unpaired) electrons. The van der Waals surface area contributed by atoms with Crippen LogP contribution in [0, 0.1) is 11.2 Å². The summed E-state index contributed by atoms with van der Waals surface area (Å²) in [4.78, 5) is 17.4. The Labute approximate surface area is 122 Å². The number of hydrogen-bond acceptors (Lipinski definition) is 2. The molecule has 0 spiro atoms. The minimum atomic E-state index is -0.318. The average Bonchev–Trinajstić information content (AvgIpc) is 3.12. The summed E-state index contributed by atoms with van der Waals surface area (Å²) < 4.78 is 18.3. The number of ether oxygens (including phenoxy) is 1. The summed E-state index contributed by atoms with van der Waals surface area (Å²) in [5, 5.41) is 0.823. The highest BCUT2D eigenvalue weighted by molar-refractivity contribution is 5.85. The molecular formula is C16H19FN2O2. The van der Waals surface area contributed by atoms with Crippen LogP contribution in [0.1, 0.15) is 18.5 Å². The molecule has 2 aromatic rings. The number of amides is 1. The van der Waals surface area contributed by atoms with Crippen molar-refractivity contribution in [1.29, 1.82) is 0 Å². The number of rotatable bonds is 5. The van der Waals surface area contributed by atoms with Crippen LogP contribution >= 0.6 is 0 Å². The fourth-order valence-corrected chi connectivity index (χ4v) is 2.83. The van der Waals surface area contributed by atoms with Gasteiger partial charge in [0.2, 0.25) is 5.91 Å². The Morgan fingerprint density at radius 2 is 2.19 bits per heavy atom. The molecule has 0 unspecified atom stereocenters. The van der Waals surface area contributed by atoms with Gasteiger partial charge >= 0.3 is 0 Å². The summed E-state index contributed by atoms with van der Waals surface area (Å²) in [5.41, 5.74) is 1.46. The van der Waals surface area contributed by atoms with Gasteiger partial charge in [0, 0.05) is 30.8 Å². The number of fused-ring (bicyclic) bond motifs is 1. The van der Waals surface area contributed by atoms with Crippen LogP contribution in [0.5, 0.6) is 0 Å². The predicted molar refractivity (Wildman–Crippen MR) is 78.3 cm³/mol. The Morgan fingerprint density at radius 3 is 2.86 bits per heavy atom. The van der Waals surface area contributed by atoms with Gasteiger partial charge in [-0.25, -0.2) is 4.39 Å². The summed E-state index contributed by atoms with van der Waals surface area (Å²) in [5.74, 6) is -0.135. The van der Waals surface area contributed by atoms with Gasteiger partial charge < -0.3 is 14.6 Å². The van der Waals surface area contributed by atoms with Crippen molar-refractivity contribution in [2.75, 3.05) is 20.8 Å². The van der Waals surface area contributed by atoms with Crippen molar-refractivity contribution >= 4 is 16.8 Å². The Hall–Kier alpha value is -1.88. The van der Waals surface area contributed by atoms with Crippen LogP contribution in [0.3, 0.4) is 0 Å². The summed E-state index contributed by atoms with van der Waals surface area (Å²) >= 11 is 0. The first-order valence-corrected chi connectivity index (χ1v) is 7.06. The lowest BCUT2D eigenvalue weighted by atomic mass is 10.1. The van der Waals surface area contributed by atoms with Crippen LogP contribution < -0.4 is 0 Å². The van der Waals surface area contributed by atoms with Gasteiger partial charge in [-0.1, -0.05) is 0 Å². The van der Waals surface area contributed by atoms with Crippen molar-refractivity contribution in [2.45, 2.75) is 19.4 Å². The molecule has 1 saturated carbocycles. The number of hydrogen-bond donors (Lipinski definition) is 1. The van der Waals surface area contributed by atoms with Gasteiger partial charge in [0.1, 0.15) is 5.82 Å². The Balaban J connectivity index is 1.74. The number of nitrogens with zero attached hydrogens (tertiary/aromatic N) is 1. The standard InChI is InChI=1S/C16H19FN2O2/c1-19(15(20)16(5-6-16)10-21-2)9-13-8-11-7-12(17)3-4-14(11)18-13/h3-4,7-8,18H,5-6,9-10H2,1-2H3. The summed E-state index contributed by atoms with van der Waals surface area (Å²) in [6.07, 6.45) is 1.78. The molecule has 1 amide bonds. The minimum Gasteiger partial charge on any atom is -0.384 e. The second kappa shape index (κ2) is 5.15. The average molecular weight is 290 g/mol. The topological polar surface area (TPSA) is 45.3 Å². The van der Waals surface area contributed by atoms with Gasteiger partial charge in [-0.2, -0.15) is 0 Å². The highest BCUT2D eigenvalue weighted by Crippen LogP contribution is 2.47. The summed E-state index contributed by atoms with van der Waals surface area (Å²) in [6, 6.07) is 6.51. The van der Waals surface area contributed by atoms with Gasteiger partial charge in [-0.15, -0.1) is 0 Å². The van der Waals surface area contributed by atoms with E-state index in [1.807, 2.05) is 6.07 Å². The minimum absolute atomic E-state index is 0.120. The summed E-state index contributed by atoms with van der Waals surface area (Å²) in [7, 11) is 3.42. The van der Waals surface area contributed by atoms with Gasteiger partial charge in [0.25, 0.3) is 0 Å². The van der Waals surface area contributed by atoms with E-state index in [4.69, 9.17) is 4.74 Å². The van der Waals surface area contributed by atoms with Crippen LogP contribution in [-0.4, -0.2) is 36.6 Å². The maximum absolute atomic E-state index is 13.2. The SMILES string of the molecule is COCC1(C(=O)N(C)Cc2cc3cc(F)ccc3[nH]2)CC1. The zero-order valence-electron chi connectivity index (χ0n) is 12.3. The molecular weight excluding hydrogens is 271 g/mol. The van der Waals surface area contributed by atoms with Gasteiger partial charge in [0.15, 0.2) is 0 Å². The number of carbonyl (C=O) groups excluding carboxylic acids is 1. The molecule has 1 aliphatic carbocycles. The monoisotopic (exact) mass is 290 g/mol. The quantitative estimate of drug-likeness (QED) is 0.920. The number of halogens is 1. The lowest BCUT2D eigenvalue weighted by molar-refractivity contribution is -0.138. The van der Waals surface area contributed by atoms with E-state index in [0.717, 1.165) is 29.4 Å². The smallest absolute Gasteiger partial charge is 0.231 e.